The Morgan fingerprint density at radius 1 is 0.361 bits per heavy atom. The summed E-state index contributed by atoms with van der Waals surface area (Å²) in [6.07, 6.45) is -3.97. The van der Waals surface area contributed by atoms with Crippen molar-refractivity contribution in [2.24, 2.45) is 0 Å². The first kappa shape index (κ1) is 53.2. The summed E-state index contributed by atoms with van der Waals surface area (Å²) in [5, 5.41) is 12.7. The number of unbranched alkanes of at least 4 members (excludes halogenated alkanes) is 4. The lowest BCUT2D eigenvalue weighted by atomic mass is 9.96. The van der Waals surface area contributed by atoms with Crippen molar-refractivity contribution < 1.29 is 52.5 Å². The van der Waals surface area contributed by atoms with Gasteiger partial charge in [-0.3, -0.25) is 0 Å². The molecule has 72 heavy (non-hydrogen) atoms. The van der Waals surface area contributed by atoms with Crippen molar-refractivity contribution in [2.75, 3.05) is 19.8 Å². The first-order chi connectivity index (χ1) is 35.6. The summed E-state index contributed by atoms with van der Waals surface area (Å²) >= 11 is 0. The molecule has 2 fully saturated rings. The van der Waals surface area contributed by atoms with Crippen molar-refractivity contribution in [3.05, 3.63) is 215 Å². The molecule has 6 aromatic rings. The van der Waals surface area contributed by atoms with Gasteiger partial charge in [-0.2, -0.15) is 0 Å². The SMILES string of the molecule is CCCCCCCOC1OC(COCc2ccccc2)C(OCc2ccccc2)C(OCc2ccccc2)C1OC1OC(COCc2ccccc2)C(OCc2ccccc2)C(OCc2ccccc2)C1O. The number of ether oxygens (including phenoxy) is 10. The minimum Gasteiger partial charge on any atom is -0.385 e. The van der Waals surface area contributed by atoms with Gasteiger partial charge in [-0.1, -0.05) is 215 Å². The molecule has 10 unspecified atom stereocenters. The lowest BCUT2D eigenvalue weighted by Crippen LogP contribution is -2.66. The van der Waals surface area contributed by atoms with E-state index in [1.54, 1.807) is 0 Å². The third kappa shape index (κ3) is 16.4. The molecule has 8 rings (SSSR count). The molecule has 2 saturated heterocycles. The van der Waals surface area contributed by atoms with E-state index in [1.165, 1.54) is 0 Å². The zero-order chi connectivity index (χ0) is 49.4. The Labute approximate surface area is 426 Å². The zero-order valence-electron chi connectivity index (χ0n) is 41.5. The summed E-state index contributed by atoms with van der Waals surface area (Å²) in [6, 6.07) is 59.9. The van der Waals surface area contributed by atoms with Crippen LogP contribution in [-0.2, 0) is 87.0 Å². The third-order valence-electron chi connectivity index (χ3n) is 13.0. The topological polar surface area (TPSA) is 113 Å². The Balaban J connectivity index is 1.13. The van der Waals surface area contributed by atoms with Gasteiger partial charge in [0.2, 0.25) is 0 Å². The monoisotopic (exact) mass is 981 g/mol. The van der Waals surface area contributed by atoms with Gasteiger partial charge in [-0.05, 0) is 39.8 Å². The van der Waals surface area contributed by atoms with E-state index in [-0.39, 0.29) is 39.6 Å². The van der Waals surface area contributed by atoms with Crippen LogP contribution in [-0.4, -0.2) is 86.3 Å². The van der Waals surface area contributed by atoms with Gasteiger partial charge < -0.3 is 52.5 Å². The minimum atomic E-state index is -1.35. The van der Waals surface area contributed by atoms with E-state index >= 15 is 0 Å². The number of aliphatic hydroxyl groups is 1. The molecule has 2 heterocycles. The molecule has 0 bridgehead atoms. The van der Waals surface area contributed by atoms with Crippen molar-refractivity contribution in [1.29, 1.82) is 0 Å². The van der Waals surface area contributed by atoms with Gasteiger partial charge in [0.1, 0.15) is 48.8 Å². The minimum absolute atomic E-state index is 0.114. The van der Waals surface area contributed by atoms with E-state index in [4.69, 9.17) is 47.4 Å². The van der Waals surface area contributed by atoms with Gasteiger partial charge in [0.15, 0.2) is 12.6 Å². The quantitative estimate of drug-likeness (QED) is 0.0453. The third-order valence-corrected chi connectivity index (χ3v) is 13.0. The average molecular weight is 981 g/mol. The highest BCUT2D eigenvalue weighted by atomic mass is 16.8. The van der Waals surface area contributed by atoms with Crippen LogP contribution in [0.2, 0.25) is 0 Å². The molecule has 0 radical (unpaired) electrons. The molecular weight excluding hydrogens is 909 g/mol. The Kier molecular flexibility index (Phi) is 21.8. The van der Waals surface area contributed by atoms with Crippen molar-refractivity contribution in [1.82, 2.24) is 0 Å². The maximum absolute atomic E-state index is 12.7. The van der Waals surface area contributed by atoms with Gasteiger partial charge in [0.25, 0.3) is 0 Å². The second-order valence-corrected chi connectivity index (χ2v) is 18.5. The Bertz CT molecular complexity index is 2330. The second-order valence-electron chi connectivity index (χ2n) is 18.5. The van der Waals surface area contributed by atoms with Gasteiger partial charge in [0, 0.05) is 6.61 Å². The molecule has 0 amide bonds. The van der Waals surface area contributed by atoms with E-state index in [2.05, 4.69) is 6.92 Å². The molecule has 11 nitrogen and oxygen atoms in total. The first-order valence-corrected chi connectivity index (χ1v) is 25.7. The van der Waals surface area contributed by atoms with Crippen LogP contribution < -0.4 is 0 Å². The Morgan fingerprint density at radius 3 is 1.12 bits per heavy atom. The first-order valence-electron chi connectivity index (χ1n) is 25.7. The van der Waals surface area contributed by atoms with E-state index in [0.717, 1.165) is 65.5 Å². The smallest absolute Gasteiger partial charge is 0.187 e. The van der Waals surface area contributed by atoms with Crippen LogP contribution in [0.25, 0.3) is 0 Å². The predicted octanol–water partition coefficient (Wildman–Crippen LogP) is 10.9. The summed E-state index contributed by atoms with van der Waals surface area (Å²) in [5.74, 6) is 0. The summed E-state index contributed by atoms with van der Waals surface area (Å²) < 4.78 is 68.2. The standard InChI is InChI=1S/C61H72O11/c1-2-3-4-5-24-37-65-61-59(58(69-43-51-35-22-11-23-36-51)56(67-41-49-31-18-9-19-32-49)53(71-61)45-64-39-47-27-14-7-15-28-47)72-60-54(62)57(68-42-50-33-20-10-21-34-50)55(66-40-48-29-16-8-17-30-48)52(70-60)44-63-38-46-25-12-6-13-26-46/h6-23,25-36,52-62H,2-5,24,37-45H2,1H3. The van der Waals surface area contributed by atoms with Crippen LogP contribution in [0.4, 0.5) is 0 Å². The summed E-state index contributed by atoms with van der Waals surface area (Å²) in [7, 11) is 0. The number of rotatable bonds is 29. The fourth-order valence-corrected chi connectivity index (χ4v) is 9.08. The van der Waals surface area contributed by atoms with Crippen molar-refractivity contribution in [2.45, 2.75) is 140 Å². The van der Waals surface area contributed by atoms with E-state index in [9.17, 15) is 5.11 Å². The highest BCUT2D eigenvalue weighted by Gasteiger charge is 2.54. The Hall–Kier alpha value is -5.12. The maximum Gasteiger partial charge on any atom is 0.187 e. The van der Waals surface area contributed by atoms with E-state index in [1.807, 2.05) is 182 Å². The number of hydrogen-bond acceptors (Lipinski definition) is 11. The predicted molar refractivity (Wildman–Crippen MR) is 275 cm³/mol. The molecule has 11 heteroatoms. The maximum atomic E-state index is 12.7. The molecule has 2 aliphatic heterocycles. The van der Waals surface area contributed by atoms with Crippen molar-refractivity contribution >= 4 is 0 Å². The van der Waals surface area contributed by atoms with Gasteiger partial charge in [0.05, 0.1) is 52.9 Å². The molecule has 0 spiro atoms. The molecule has 2 aliphatic rings. The molecule has 1 N–H and O–H groups in total. The highest BCUT2D eigenvalue weighted by molar-refractivity contribution is 5.18. The summed E-state index contributed by atoms with van der Waals surface area (Å²) in [4.78, 5) is 0. The van der Waals surface area contributed by atoms with Crippen LogP contribution in [0, 0.1) is 0 Å². The molecule has 10 atom stereocenters. The molecule has 0 aliphatic carbocycles. The fraction of sp³-hybridized carbons (Fsp3) is 0.410. The van der Waals surface area contributed by atoms with Crippen LogP contribution in [0.1, 0.15) is 72.4 Å². The molecule has 6 aromatic carbocycles. The lowest BCUT2D eigenvalue weighted by Gasteiger charge is -2.49. The summed E-state index contributed by atoms with van der Waals surface area (Å²) in [6.45, 7) is 4.58. The Morgan fingerprint density at radius 2 is 0.708 bits per heavy atom. The molecule has 382 valence electrons. The largest absolute Gasteiger partial charge is 0.385 e. The number of hydrogen-bond donors (Lipinski definition) is 1. The lowest BCUT2D eigenvalue weighted by molar-refractivity contribution is -0.379. The molecule has 0 aromatic heterocycles. The van der Waals surface area contributed by atoms with Gasteiger partial charge in [-0.25, -0.2) is 0 Å². The average Bonchev–Trinajstić information content (AvgIpc) is 3.43. The second kappa shape index (κ2) is 29.5. The molecule has 0 saturated carbocycles. The van der Waals surface area contributed by atoms with Gasteiger partial charge >= 0.3 is 0 Å². The normalized spacial score (nSPS) is 24.2. The zero-order valence-corrected chi connectivity index (χ0v) is 41.5. The van der Waals surface area contributed by atoms with E-state index < -0.39 is 61.4 Å². The van der Waals surface area contributed by atoms with Crippen LogP contribution in [0.15, 0.2) is 182 Å². The number of aliphatic hydroxyl groups excluding tert-OH is 1. The van der Waals surface area contributed by atoms with Crippen LogP contribution >= 0.6 is 0 Å². The molecular formula is C61H72O11. The number of benzene rings is 6. The van der Waals surface area contributed by atoms with E-state index in [0.29, 0.717) is 19.8 Å². The van der Waals surface area contributed by atoms with Crippen LogP contribution in [0.3, 0.4) is 0 Å². The fourth-order valence-electron chi connectivity index (χ4n) is 9.08. The summed E-state index contributed by atoms with van der Waals surface area (Å²) in [5.41, 5.74) is 5.90. The van der Waals surface area contributed by atoms with Crippen molar-refractivity contribution in [3.8, 4) is 0 Å². The van der Waals surface area contributed by atoms with Gasteiger partial charge in [-0.15, -0.1) is 0 Å². The highest BCUT2D eigenvalue weighted by Crippen LogP contribution is 2.36. The van der Waals surface area contributed by atoms with Crippen LogP contribution in [0.5, 0.6) is 0 Å². The van der Waals surface area contributed by atoms with Crippen molar-refractivity contribution in [3.63, 3.8) is 0 Å².